The van der Waals surface area contributed by atoms with Gasteiger partial charge in [-0.3, -0.25) is 14.3 Å². The SMILES string of the molecule is COC(=O)COc1cn([C@@H](O)O[C@H](COP2(=O)OP(=O)(O)OP(=O)(O)O2)[C@@H](C)O)c(=O)[nH]c1=O. The molecule has 0 saturated carbocycles. The average molecular weight is 556 g/mol. The Labute approximate surface area is 188 Å². The molecule has 1 saturated heterocycles. The van der Waals surface area contributed by atoms with Crippen LogP contribution in [-0.4, -0.2) is 68.1 Å². The molecule has 2 unspecified atom stereocenters. The second kappa shape index (κ2) is 10.9. The summed E-state index contributed by atoms with van der Waals surface area (Å²) < 4.78 is 66.1. The highest BCUT2D eigenvalue weighted by Crippen LogP contribution is 2.79. The third-order valence-electron chi connectivity index (χ3n) is 3.59. The first kappa shape index (κ1) is 28.5. The number of nitrogens with one attached hydrogen (secondary N) is 1. The summed E-state index contributed by atoms with van der Waals surface area (Å²) in [5, 5.41) is 20.0. The minimum absolute atomic E-state index is 0.358. The van der Waals surface area contributed by atoms with Crippen LogP contribution in [0.4, 0.5) is 0 Å². The summed E-state index contributed by atoms with van der Waals surface area (Å²) in [5.41, 5.74) is -2.29. The molecule has 0 bridgehead atoms. The van der Waals surface area contributed by atoms with E-state index in [0.29, 0.717) is 10.8 Å². The molecule has 0 aliphatic carbocycles. The van der Waals surface area contributed by atoms with Crippen molar-refractivity contribution in [2.75, 3.05) is 20.3 Å². The number of hydrogen-bond acceptors (Lipinski definition) is 15. The van der Waals surface area contributed by atoms with Crippen molar-refractivity contribution >= 4 is 29.4 Å². The first-order chi connectivity index (χ1) is 15.6. The monoisotopic (exact) mass is 556 g/mol. The number of methoxy groups -OCH3 is 1. The highest BCUT2D eigenvalue weighted by Gasteiger charge is 2.54. The number of carbonyl (C=O) groups excluding carboxylic acids is 1. The van der Waals surface area contributed by atoms with Crippen molar-refractivity contribution in [2.24, 2.45) is 0 Å². The lowest BCUT2D eigenvalue weighted by Gasteiger charge is -2.29. The van der Waals surface area contributed by atoms with Gasteiger partial charge in [-0.05, 0) is 6.92 Å². The first-order valence-electron chi connectivity index (χ1n) is 8.67. The summed E-state index contributed by atoms with van der Waals surface area (Å²) in [4.78, 5) is 55.1. The molecule has 5 N–H and O–H groups in total. The first-order valence-corrected chi connectivity index (χ1v) is 13.1. The summed E-state index contributed by atoms with van der Waals surface area (Å²) in [5.74, 6) is -1.48. The molecule has 1 fully saturated rings. The lowest BCUT2D eigenvalue weighted by molar-refractivity contribution is -0.213. The molecule has 0 spiro atoms. The van der Waals surface area contributed by atoms with Crippen LogP contribution in [0.1, 0.15) is 13.3 Å². The average Bonchev–Trinajstić information content (AvgIpc) is 2.66. The van der Waals surface area contributed by atoms with Crippen molar-refractivity contribution in [1.82, 2.24) is 9.55 Å². The van der Waals surface area contributed by atoms with Crippen LogP contribution in [0, 0.1) is 0 Å². The maximum Gasteiger partial charge on any atom is 0.492 e. The largest absolute Gasteiger partial charge is 0.492 e. The van der Waals surface area contributed by atoms with Gasteiger partial charge in [0.2, 0.25) is 12.2 Å². The lowest BCUT2D eigenvalue weighted by atomic mass is 10.2. The maximum absolute atomic E-state index is 12.3. The van der Waals surface area contributed by atoms with Gasteiger partial charge in [-0.1, -0.05) is 0 Å². The standard InChI is InChI=1S/C12H19N2O17P3/c1-6(15)8(4-27-34(24)30-32(20,21)29-33(22,23)31-34)28-12(19)14-3-7(10(17)13-11(14)18)26-5-9(16)25-2/h3,6,8,12,15,19H,4-5H2,1-2H3,(H,20,21)(H,22,23)(H,13,17,18)/t6-,8-,12+/m1/s1. The van der Waals surface area contributed by atoms with Gasteiger partial charge in [0.1, 0.15) is 6.10 Å². The topological polar surface area (TPSA) is 269 Å². The fraction of sp³-hybridized carbons (Fsp3) is 0.583. The molecule has 194 valence electrons. The number of phosphoric acid groups is 3. The molecule has 1 aromatic rings. The summed E-state index contributed by atoms with van der Waals surface area (Å²) in [6, 6.07) is 0. The van der Waals surface area contributed by atoms with E-state index >= 15 is 0 Å². The number of aliphatic hydroxyl groups is 2. The van der Waals surface area contributed by atoms with Gasteiger partial charge >= 0.3 is 35.1 Å². The predicted octanol–water partition coefficient (Wildman–Crippen LogP) is -1.31. The summed E-state index contributed by atoms with van der Waals surface area (Å²) in [6.07, 6.45) is -4.85. The van der Waals surface area contributed by atoms with E-state index in [4.69, 9.17) is 9.47 Å². The van der Waals surface area contributed by atoms with Gasteiger partial charge in [-0.15, -0.1) is 0 Å². The Morgan fingerprint density at radius 1 is 1.15 bits per heavy atom. The van der Waals surface area contributed by atoms with Crippen molar-refractivity contribution in [1.29, 1.82) is 0 Å². The molecule has 22 heteroatoms. The molecule has 1 aromatic heterocycles. The number of H-pyrrole nitrogens is 1. The molecular formula is C12H19N2O17P3. The minimum Gasteiger partial charge on any atom is -0.475 e. The van der Waals surface area contributed by atoms with Gasteiger partial charge in [-0.2, -0.15) is 12.9 Å². The summed E-state index contributed by atoms with van der Waals surface area (Å²) in [7, 11) is -14.8. The Morgan fingerprint density at radius 2 is 1.74 bits per heavy atom. The molecule has 0 aromatic carbocycles. The number of aromatic nitrogens is 2. The summed E-state index contributed by atoms with van der Waals surface area (Å²) in [6.45, 7) is -0.701. The molecule has 1 aliphatic rings. The lowest BCUT2D eigenvalue weighted by Crippen LogP contribution is -2.39. The quantitative estimate of drug-likeness (QED) is 0.127. The zero-order chi connectivity index (χ0) is 25.9. The fourth-order valence-corrected chi connectivity index (χ4v) is 7.02. The molecule has 2 heterocycles. The third-order valence-corrected chi connectivity index (χ3v) is 8.96. The summed E-state index contributed by atoms with van der Waals surface area (Å²) >= 11 is 0. The Morgan fingerprint density at radius 3 is 2.26 bits per heavy atom. The normalized spacial score (nSPS) is 29.7. The van der Waals surface area contributed by atoms with Crippen LogP contribution < -0.4 is 16.0 Å². The Kier molecular flexibility index (Phi) is 9.15. The smallest absolute Gasteiger partial charge is 0.475 e. The van der Waals surface area contributed by atoms with E-state index < -0.39 is 78.3 Å². The third kappa shape index (κ3) is 7.91. The van der Waals surface area contributed by atoms with E-state index in [1.807, 2.05) is 0 Å². The molecule has 19 nitrogen and oxygen atoms in total. The van der Waals surface area contributed by atoms with Crippen LogP contribution in [-0.2, 0) is 45.4 Å². The molecule has 0 radical (unpaired) electrons. The second-order valence-electron chi connectivity index (χ2n) is 6.19. The van der Waals surface area contributed by atoms with Crippen LogP contribution in [0.2, 0.25) is 0 Å². The van der Waals surface area contributed by atoms with Crippen molar-refractivity contribution < 1.29 is 70.2 Å². The van der Waals surface area contributed by atoms with Crippen LogP contribution in [0.3, 0.4) is 0 Å². The molecular weight excluding hydrogens is 537 g/mol. The van der Waals surface area contributed by atoms with Crippen LogP contribution in [0.15, 0.2) is 15.8 Å². The van der Waals surface area contributed by atoms with Gasteiger partial charge in [-0.25, -0.2) is 27.9 Å². The number of rotatable bonds is 10. The van der Waals surface area contributed by atoms with E-state index in [1.54, 1.807) is 4.98 Å². The molecule has 1 aliphatic heterocycles. The van der Waals surface area contributed by atoms with Gasteiger partial charge in [0.05, 0.1) is 26.0 Å². The number of nitrogens with zero attached hydrogens (tertiary/aromatic N) is 1. The van der Waals surface area contributed by atoms with Crippen molar-refractivity contribution in [2.45, 2.75) is 25.5 Å². The van der Waals surface area contributed by atoms with Gasteiger partial charge in [0.15, 0.2) is 6.61 Å². The van der Waals surface area contributed by atoms with Crippen molar-refractivity contribution in [3.8, 4) is 5.75 Å². The maximum atomic E-state index is 12.3. The molecule has 5 atom stereocenters. The van der Waals surface area contributed by atoms with E-state index in [9.17, 15) is 48.1 Å². The zero-order valence-corrected chi connectivity index (χ0v) is 19.8. The van der Waals surface area contributed by atoms with E-state index in [1.165, 1.54) is 0 Å². The van der Waals surface area contributed by atoms with Gasteiger partial charge < -0.3 is 34.2 Å². The van der Waals surface area contributed by atoms with E-state index in [0.717, 1.165) is 14.0 Å². The van der Waals surface area contributed by atoms with Gasteiger partial charge in [0.25, 0.3) is 5.56 Å². The molecule has 0 amide bonds. The highest BCUT2D eigenvalue weighted by atomic mass is 31.3. The van der Waals surface area contributed by atoms with E-state index in [2.05, 4.69) is 22.2 Å². The Bertz CT molecular complexity index is 1130. The molecule has 34 heavy (non-hydrogen) atoms. The van der Waals surface area contributed by atoms with Crippen molar-refractivity contribution in [3.05, 3.63) is 27.0 Å². The number of esters is 1. The molecule has 2 rings (SSSR count). The van der Waals surface area contributed by atoms with Crippen LogP contribution in [0.5, 0.6) is 5.75 Å². The van der Waals surface area contributed by atoms with Crippen molar-refractivity contribution in [3.63, 3.8) is 0 Å². The number of aromatic amines is 1. The number of hydrogen-bond donors (Lipinski definition) is 5. The Hall–Kier alpha value is -1.72. The number of aliphatic hydroxyl groups excluding tert-OH is 2. The van der Waals surface area contributed by atoms with Crippen LogP contribution in [0.25, 0.3) is 0 Å². The van der Waals surface area contributed by atoms with E-state index in [-0.39, 0.29) is 0 Å². The predicted molar refractivity (Wildman–Crippen MR) is 103 cm³/mol. The van der Waals surface area contributed by atoms with Gasteiger partial charge in [0, 0.05) is 0 Å². The second-order valence-corrected chi connectivity index (χ2v) is 11.2. The number of carbonyl (C=O) groups is 1. The minimum atomic E-state index is -5.33. The fourth-order valence-electron chi connectivity index (χ4n) is 2.08. The Balaban J connectivity index is 2.17. The van der Waals surface area contributed by atoms with Crippen LogP contribution >= 0.6 is 23.5 Å². The highest BCUT2D eigenvalue weighted by molar-refractivity contribution is 7.74. The number of ether oxygens (including phenoxy) is 3. The zero-order valence-electron chi connectivity index (χ0n) is 17.1.